The fourth-order valence-electron chi connectivity index (χ4n) is 1.14. The molecule has 2 aromatic heterocycles. The van der Waals surface area contributed by atoms with Gasteiger partial charge in [0, 0.05) is 5.75 Å². The first-order chi connectivity index (χ1) is 9.19. The molecule has 0 N–H and O–H groups in total. The molecular weight excluding hydrogens is 292 g/mol. The molecule has 2 heterocycles. The Labute approximate surface area is 117 Å². The van der Waals surface area contributed by atoms with Gasteiger partial charge >= 0.3 is 5.97 Å². The van der Waals surface area contributed by atoms with Gasteiger partial charge in [-0.2, -0.15) is 0 Å². The van der Waals surface area contributed by atoms with Crippen molar-refractivity contribution in [3.05, 3.63) is 23.2 Å². The molecule has 2 rings (SSSR count). The lowest BCUT2D eigenvalue weighted by Gasteiger charge is -2.02. The van der Waals surface area contributed by atoms with E-state index in [0.29, 0.717) is 16.1 Å². The van der Waals surface area contributed by atoms with Crippen molar-refractivity contribution in [2.75, 3.05) is 7.11 Å². The molecule has 0 aromatic carbocycles. The van der Waals surface area contributed by atoms with Gasteiger partial charge in [0.1, 0.15) is 11.7 Å². The van der Waals surface area contributed by atoms with Crippen LogP contribution in [0.2, 0.25) is 5.15 Å². The first-order valence-corrected chi connectivity index (χ1v) is 6.47. The Balaban J connectivity index is 1.98. The van der Waals surface area contributed by atoms with Gasteiger partial charge in [0.05, 0.1) is 25.2 Å². The van der Waals surface area contributed by atoms with Crippen LogP contribution < -0.4 is 0 Å². The van der Waals surface area contributed by atoms with E-state index in [2.05, 4.69) is 30.2 Å². The highest BCUT2D eigenvalue weighted by molar-refractivity contribution is 7.98. The van der Waals surface area contributed by atoms with Gasteiger partial charge in [0.25, 0.3) is 0 Å². The van der Waals surface area contributed by atoms with E-state index in [9.17, 15) is 4.79 Å². The average molecular weight is 301 g/mol. The summed E-state index contributed by atoms with van der Waals surface area (Å²) < 4.78 is 5.91. The first-order valence-electron chi connectivity index (χ1n) is 5.11. The van der Waals surface area contributed by atoms with Gasteiger partial charge in [-0.15, -0.1) is 5.10 Å². The highest BCUT2D eigenvalue weighted by atomic mass is 35.5. The summed E-state index contributed by atoms with van der Waals surface area (Å²) in [7, 11) is 1.31. The van der Waals surface area contributed by atoms with E-state index < -0.39 is 5.97 Å². The Bertz CT molecular complexity index is 560. The molecule has 0 aliphatic heterocycles. The number of aromatic nitrogens is 6. The maximum atomic E-state index is 11.2. The lowest BCUT2D eigenvalue weighted by molar-refractivity contribution is -0.141. The van der Waals surface area contributed by atoms with Crippen LogP contribution in [0.1, 0.15) is 5.69 Å². The van der Waals surface area contributed by atoms with Gasteiger partial charge in [-0.25, -0.2) is 9.67 Å². The monoisotopic (exact) mass is 300 g/mol. The number of tetrazole rings is 1. The van der Waals surface area contributed by atoms with Gasteiger partial charge < -0.3 is 4.74 Å². The number of esters is 1. The molecule has 8 nitrogen and oxygen atoms in total. The van der Waals surface area contributed by atoms with Crippen molar-refractivity contribution in [2.24, 2.45) is 0 Å². The Morgan fingerprint density at radius 2 is 2.32 bits per heavy atom. The number of hydrogen-bond donors (Lipinski definition) is 0. The summed E-state index contributed by atoms with van der Waals surface area (Å²) >= 11 is 6.98. The second-order valence-corrected chi connectivity index (χ2v) is 4.64. The van der Waals surface area contributed by atoms with Crippen molar-refractivity contribution in [1.82, 2.24) is 30.2 Å². The number of thioether (sulfide) groups is 1. The minimum absolute atomic E-state index is 0.0296. The molecule has 0 spiro atoms. The summed E-state index contributed by atoms with van der Waals surface area (Å²) in [4.78, 5) is 19.2. The molecule has 100 valence electrons. The lowest BCUT2D eigenvalue weighted by atomic mass is 10.5. The zero-order valence-electron chi connectivity index (χ0n) is 9.85. The number of ether oxygens (including phenoxy) is 1. The fourth-order valence-corrected chi connectivity index (χ4v) is 2.01. The first kappa shape index (κ1) is 13.7. The van der Waals surface area contributed by atoms with Crippen LogP contribution in [-0.2, 0) is 21.8 Å². The number of hydrogen-bond acceptors (Lipinski definition) is 8. The van der Waals surface area contributed by atoms with Crippen LogP contribution in [0.15, 0.2) is 17.6 Å². The Morgan fingerprint density at radius 3 is 3.00 bits per heavy atom. The molecular formula is C9H9ClN6O2S. The largest absolute Gasteiger partial charge is 0.468 e. The predicted molar refractivity (Wildman–Crippen MR) is 66.4 cm³/mol. The Kier molecular flexibility index (Phi) is 4.63. The van der Waals surface area contributed by atoms with E-state index in [1.807, 2.05) is 0 Å². The topological polar surface area (TPSA) is 95.7 Å². The molecule has 0 aliphatic carbocycles. The molecule has 10 heteroatoms. The molecule has 0 saturated heterocycles. The van der Waals surface area contributed by atoms with E-state index in [1.165, 1.54) is 29.8 Å². The van der Waals surface area contributed by atoms with Gasteiger partial charge in [-0.05, 0) is 10.4 Å². The average Bonchev–Trinajstić information content (AvgIpc) is 2.85. The Hall–Kier alpha value is -1.74. The predicted octanol–water partition coefficient (Wildman–Crippen LogP) is 0.582. The van der Waals surface area contributed by atoms with Crippen molar-refractivity contribution < 1.29 is 9.53 Å². The molecule has 0 radical (unpaired) electrons. The van der Waals surface area contributed by atoms with Crippen LogP contribution in [0, 0.1) is 0 Å². The smallest absolute Gasteiger partial charge is 0.327 e. The molecule has 0 atom stereocenters. The van der Waals surface area contributed by atoms with E-state index >= 15 is 0 Å². The number of carbonyl (C=O) groups is 1. The van der Waals surface area contributed by atoms with Crippen molar-refractivity contribution in [3.63, 3.8) is 0 Å². The third-order valence-corrected chi connectivity index (χ3v) is 3.21. The zero-order valence-corrected chi connectivity index (χ0v) is 11.4. The number of methoxy groups -OCH3 is 1. The molecule has 2 aromatic rings. The highest BCUT2D eigenvalue weighted by Crippen LogP contribution is 2.18. The molecule has 0 unspecified atom stereocenters. The van der Waals surface area contributed by atoms with Gasteiger partial charge in [-0.1, -0.05) is 23.4 Å². The van der Waals surface area contributed by atoms with Crippen LogP contribution in [0.25, 0.3) is 0 Å². The van der Waals surface area contributed by atoms with Crippen LogP contribution in [0.5, 0.6) is 0 Å². The summed E-state index contributed by atoms with van der Waals surface area (Å²) in [6.45, 7) is -0.0296. The van der Waals surface area contributed by atoms with Crippen LogP contribution in [0.4, 0.5) is 0 Å². The highest BCUT2D eigenvalue weighted by Gasteiger charge is 2.11. The summed E-state index contributed by atoms with van der Waals surface area (Å²) in [5, 5.41) is 11.9. The summed E-state index contributed by atoms with van der Waals surface area (Å²) in [5.41, 5.74) is 0.738. The summed E-state index contributed by atoms with van der Waals surface area (Å²) in [5.74, 6) is 0.103. The van der Waals surface area contributed by atoms with E-state index in [1.54, 1.807) is 6.20 Å². The molecule has 19 heavy (non-hydrogen) atoms. The fraction of sp³-hybridized carbons (Fsp3) is 0.333. The van der Waals surface area contributed by atoms with E-state index in [-0.39, 0.29) is 6.54 Å². The summed E-state index contributed by atoms with van der Waals surface area (Å²) in [6.07, 6.45) is 3.04. The minimum atomic E-state index is -0.416. The van der Waals surface area contributed by atoms with Gasteiger partial charge in [-0.3, -0.25) is 9.78 Å². The zero-order chi connectivity index (χ0) is 13.7. The third-order valence-electron chi connectivity index (χ3n) is 2.03. The number of carbonyl (C=O) groups excluding carboxylic acids is 1. The van der Waals surface area contributed by atoms with E-state index in [4.69, 9.17) is 11.6 Å². The summed E-state index contributed by atoms with van der Waals surface area (Å²) in [6, 6.07) is 0. The van der Waals surface area contributed by atoms with Crippen molar-refractivity contribution in [1.29, 1.82) is 0 Å². The second-order valence-electron chi connectivity index (χ2n) is 3.31. The SMILES string of the molecule is COC(=O)Cn1nnnc1SCc1cnc(Cl)cn1. The molecule has 0 fully saturated rings. The quantitative estimate of drug-likeness (QED) is 0.584. The van der Waals surface area contributed by atoms with Crippen LogP contribution in [0.3, 0.4) is 0 Å². The maximum Gasteiger partial charge on any atom is 0.327 e. The maximum absolute atomic E-state index is 11.2. The van der Waals surface area contributed by atoms with Crippen LogP contribution in [-0.4, -0.2) is 43.3 Å². The van der Waals surface area contributed by atoms with Crippen LogP contribution >= 0.6 is 23.4 Å². The molecule has 0 amide bonds. The second kappa shape index (κ2) is 6.43. The lowest BCUT2D eigenvalue weighted by Crippen LogP contribution is -2.13. The minimum Gasteiger partial charge on any atom is -0.468 e. The molecule has 0 aliphatic rings. The van der Waals surface area contributed by atoms with Crippen molar-refractivity contribution in [2.45, 2.75) is 17.5 Å². The number of halogens is 1. The van der Waals surface area contributed by atoms with Crippen molar-refractivity contribution in [3.8, 4) is 0 Å². The van der Waals surface area contributed by atoms with Gasteiger partial charge in [0.2, 0.25) is 5.16 Å². The third kappa shape index (κ3) is 3.86. The molecule has 0 bridgehead atoms. The normalized spacial score (nSPS) is 10.4. The van der Waals surface area contributed by atoms with E-state index in [0.717, 1.165) is 5.69 Å². The van der Waals surface area contributed by atoms with Crippen molar-refractivity contribution >= 4 is 29.3 Å². The standard InChI is InChI=1S/C9H9ClN6O2S/c1-18-8(17)4-16-9(13-14-15-16)19-5-6-2-12-7(10)3-11-6/h2-3H,4-5H2,1H3. The van der Waals surface area contributed by atoms with Gasteiger partial charge in [0.15, 0.2) is 0 Å². The number of nitrogens with zero attached hydrogens (tertiary/aromatic N) is 6. The Morgan fingerprint density at radius 1 is 1.47 bits per heavy atom. The molecule has 0 saturated carbocycles. The number of rotatable bonds is 5.